The minimum Gasteiger partial charge on any atom is -0.482 e. The van der Waals surface area contributed by atoms with Gasteiger partial charge in [-0.25, -0.2) is 0 Å². The zero-order valence-electron chi connectivity index (χ0n) is 18.3. The monoisotopic (exact) mass is 430 g/mol. The summed E-state index contributed by atoms with van der Waals surface area (Å²) in [7, 11) is 0. The molecule has 5 rings (SSSR count). The van der Waals surface area contributed by atoms with Gasteiger partial charge in [-0.15, -0.1) is 0 Å². The highest BCUT2D eigenvalue weighted by atomic mass is 16.5. The molecule has 0 heterocycles. The average Bonchev–Trinajstić information content (AvgIpc) is 3.34. The first-order valence-corrected chi connectivity index (χ1v) is 11.3. The van der Waals surface area contributed by atoms with Crippen molar-refractivity contribution in [2.75, 3.05) is 0 Å². The lowest BCUT2D eigenvalue weighted by Crippen LogP contribution is -2.20. The van der Waals surface area contributed by atoms with E-state index in [1.165, 1.54) is 0 Å². The normalized spacial score (nSPS) is 15.1. The first kappa shape index (κ1) is 21.0. The molecular weight excluding hydrogens is 404 g/mol. The lowest BCUT2D eigenvalue weighted by molar-refractivity contribution is 0.00916. The fourth-order valence-corrected chi connectivity index (χ4v) is 4.13. The molecule has 0 amide bonds. The van der Waals surface area contributed by atoms with Gasteiger partial charge in [0.15, 0.2) is 0 Å². The van der Waals surface area contributed by atoms with E-state index in [2.05, 4.69) is 54.6 Å². The molecule has 1 aliphatic rings. The molecule has 0 fully saturated rings. The Balaban J connectivity index is 1.42. The van der Waals surface area contributed by atoms with Crippen molar-refractivity contribution in [2.45, 2.75) is 18.3 Å². The summed E-state index contributed by atoms with van der Waals surface area (Å²) >= 11 is 0. The van der Waals surface area contributed by atoms with Crippen LogP contribution in [0.5, 0.6) is 0 Å². The molecule has 0 aliphatic heterocycles. The minimum absolute atomic E-state index is 0.195. The topological polar surface area (TPSA) is 18.5 Å². The highest BCUT2D eigenvalue weighted by molar-refractivity contribution is 5.35. The third kappa shape index (κ3) is 4.97. The van der Waals surface area contributed by atoms with Crippen molar-refractivity contribution in [2.24, 2.45) is 0 Å². The lowest BCUT2D eigenvalue weighted by Gasteiger charge is -2.27. The molecule has 0 saturated heterocycles. The molecule has 2 nitrogen and oxygen atoms in total. The van der Waals surface area contributed by atoms with Crippen LogP contribution >= 0.6 is 0 Å². The highest BCUT2D eigenvalue weighted by Gasteiger charge is 2.27. The molecular formula is C31H26O2. The number of allylic oxidation sites excluding steroid dienone is 2. The Morgan fingerprint density at radius 1 is 0.485 bits per heavy atom. The maximum atomic E-state index is 6.69. The van der Waals surface area contributed by atoms with E-state index in [0.717, 1.165) is 28.0 Å². The third-order valence-electron chi connectivity index (χ3n) is 5.77. The van der Waals surface area contributed by atoms with Crippen molar-refractivity contribution in [3.63, 3.8) is 0 Å². The molecule has 2 heteroatoms. The quantitative estimate of drug-likeness (QED) is 0.289. The summed E-state index contributed by atoms with van der Waals surface area (Å²) in [5, 5.41) is 0. The Bertz CT molecular complexity index is 1120. The number of hydrogen-bond acceptors (Lipinski definition) is 2. The number of benzene rings is 4. The van der Waals surface area contributed by atoms with Gasteiger partial charge in [-0.05, 0) is 34.4 Å². The maximum Gasteiger partial charge on any atom is 0.149 e. The summed E-state index contributed by atoms with van der Waals surface area (Å²) in [5.41, 5.74) is 4.45. The van der Waals surface area contributed by atoms with E-state index in [1.54, 1.807) is 0 Å². The van der Waals surface area contributed by atoms with E-state index in [9.17, 15) is 0 Å². The maximum absolute atomic E-state index is 6.69. The molecule has 4 aromatic rings. The van der Waals surface area contributed by atoms with Gasteiger partial charge >= 0.3 is 0 Å². The van der Waals surface area contributed by atoms with Crippen LogP contribution in [0.3, 0.4) is 0 Å². The van der Waals surface area contributed by atoms with Gasteiger partial charge in [0.1, 0.15) is 24.1 Å². The molecule has 0 unspecified atom stereocenters. The van der Waals surface area contributed by atoms with Crippen molar-refractivity contribution < 1.29 is 9.47 Å². The standard InChI is InChI=1S/C31H26O2/c1-5-14-24(15-6-1)30(25-16-7-2-8-17-25)32-28-22-13-23-29(28)33-31(26-18-9-3-10-19-26)27-20-11-4-12-21-27/h1-23,28,30-31H/t28-/m1/s1. The van der Waals surface area contributed by atoms with E-state index >= 15 is 0 Å². The van der Waals surface area contributed by atoms with Gasteiger partial charge in [0.05, 0.1) is 0 Å². The molecule has 0 aromatic heterocycles. The zero-order chi connectivity index (χ0) is 22.3. The number of rotatable bonds is 8. The van der Waals surface area contributed by atoms with E-state index in [-0.39, 0.29) is 18.3 Å². The molecule has 33 heavy (non-hydrogen) atoms. The first-order chi connectivity index (χ1) is 16.4. The molecule has 162 valence electrons. The Labute approximate surface area is 195 Å². The molecule has 0 saturated carbocycles. The molecule has 0 N–H and O–H groups in total. The summed E-state index contributed by atoms with van der Waals surface area (Å²) in [6.45, 7) is 0. The predicted molar refractivity (Wildman–Crippen MR) is 133 cm³/mol. The second kappa shape index (κ2) is 10.2. The van der Waals surface area contributed by atoms with Crippen molar-refractivity contribution in [1.82, 2.24) is 0 Å². The van der Waals surface area contributed by atoms with Gasteiger partial charge in [0.2, 0.25) is 0 Å². The van der Waals surface area contributed by atoms with E-state index in [1.807, 2.05) is 84.9 Å². The Kier molecular flexibility index (Phi) is 6.46. The van der Waals surface area contributed by atoms with Crippen LogP contribution in [-0.4, -0.2) is 6.10 Å². The fraction of sp³-hybridized carbons (Fsp3) is 0.0968. The van der Waals surface area contributed by atoms with Crippen LogP contribution in [0.25, 0.3) is 0 Å². The van der Waals surface area contributed by atoms with Crippen LogP contribution < -0.4 is 0 Å². The molecule has 4 aromatic carbocycles. The van der Waals surface area contributed by atoms with E-state index in [0.29, 0.717) is 0 Å². The van der Waals surface area contributed by atoms with Gasteiger partial charge in [-0.2, -0.15) is 0 Å². The van der Waals surface area contributed by atoms with Crippen LogP contribution in [0.15, 0.2) is 145 Å². The largest absolute Gasteiger partial charge is 0.482 e. The van der Waals surface area contributed by atoms with E-state index in [4.69, 9.17) is 9.47 Å². The first-order valence-electron chi connectivity index (χ1n) is 11.3. The Morgan fingerprint density at radius 2 is 0.879 bits per heavy atom. The van der Waals surface area contributed by atoms with Crippen LogP contribution in [0.1, 0.15) is 34.5 Å². The fourth-order valence-electron chi connectivity index (χ4n) is 4.13. The van der Waals surface area contributed by atoms with Gasteiger partial charge in [0, 0.05) is 0 Å². The summed E-state index contributed by atoms with van der Waals surface area (Å²) in [6, 6.07) is 41.3. The van der Waals surface area contributed by atoms with Gasteiger partial charge in [0.25, 0.3) is 0 Å². The van der Waals surface area contributed by atoms with Gasteiger partial charge in [-0.1, -0.05) is 127 Å². The molecule has 1 aliphatic carbocycles. The summed E-state index contributed by atoms with van der Waals surface area (Å²) in [5.74, 6) is 0.810. The van der Waals surface area contributed by atoms with Crippen molar-refractivity contribution in [3.8, 4) is 0 Å². The number of ether oxygens (including phenoxy) is 2. The Hall–Kier alpha value is -3.88. The van der Waals surface area contributed by atoms with Crippen LogP contribution in [0, 0.1) is 0 Å². The van der Waals surface area contributed by atoms with Crippen molar-refractivity contribution in [3.05, 3.63) is 168 Å². The van der Waals surface area contributed by atoms with Gasteiger partial charge < -0.3 is 9.47 Å². The summed E-state index contributed by atoms with van der Waals surface area (Å²) in [6.07, 6.45) is 5.40. The predicted octanol–water partition coefficient (Wildman–Crippen LogP) is 7.42. The molecule has 1 atom stereocenters. The molecule has 0 radical (unpaired) electrons. The average molecular weight is 431 g/mol. The second-order valence-corrected chi connectivity index (χ2v) is 8.03. The second-order valence-electron chi connectivity index (χ2n) is 8.03. The van der Waals surface area contributed by atoms with Crippen LogP contribution in [0.2, 0.25) is 0 Å². The molecule has 0 bridgehead atoms. The Morgan fingerprint density at radius 3 is 1.30 bits per heavy atom. The summed E-state index contributed by atoms with van der Waals surface area (Å²) in [4.78, 5) is 0. The number of hydrogen-bond donors (Lipinski definition) is 0. The summed E-state index contributed by atoms with van der Waals surface area (Å²) < 4.78 is 13.3. The van der Waals surface area contributed by atoms with Gasteiger partial charge in [-0.3, -0.25) is 0 Å². The third-order valence-corrected chi connectivity index (χ3v) is 5.77. The minimum atomic E-state index is -0.273. The zero-order valence-corrected chi connectivity index (χ0v) is 18.3. The lowest BCUT2D eigenvalue weighted by atomic mass is 10.0. The van der Waals surface area contributed by atoms with E-state index < -0.39 is 0 Å². The SMILES string of the molecule is C1=C[C@@H](OC(c2ccccc2)c2ccccc2)C(OC(c2ccccc2)c2ccccc2)=C1. The van der Waals surface area contributed by atoms with Crippen molar-refractivity contribution >= 4 is 0 Å². The van der Waals surface area contributed by atoms with Crippen LogP contribution in [-0.2, 0) is 9.47 Å². The van der Waals surface area contributed by atoms with Crippen molar-refractivity contribution in [1.29, 1.82) is 0 Å². The highest BCUT2D eigenvalue weighted by Crippen LogP contribution is 2.35. The van der Waals surface area contributed by atoms with Crippen LogP contribution in [0.4, 0.5) is 0 Å². The smallest absolute Gasteiger partial charge is 0.149 e. The molecule has 0 spiro atoms.